The Kier molecular flexibility index (Phi) is 11.4. The van der Waals surface area contributed by atoms with Gasteiger partial charge < -0.3 is 19.7 Å². The zero-order valence-corrected chi connectivity index (χ0v) is 37.6. The molecule has 0 heterocycles. The summed E-state index contributed by atoms with van der Waals surface area (Å²) in [5.41, 5.74) is 11.0. The molecule has 0 aromatic heterocycles. The number of ether oxygens (including phenoxy) is 2. The SMILES string of the molecule is Cc1ccc2ccccc2c1-c1cc(C(C)(C)C)cc(-c2ccccc2OCC(C)COc2ccccc2-c2cc(C(C)(C)C)cc(-c3c(C)ccc4ccccc34)c2O)c1O. The predicted molar refractivity (Wildman–Crippen MR) is 260 cm³/mol. The molecule has 0 saturated carbocycles. The minimum absolute atomic E-state index is 0.00270. The maximum absolute atomic E-state index is 12.2. The summed E-state index contributed by atoms with van der Waals surface area (Å²) < 4.78 is 13.3. The fourth-order valence-electron chi connectivity index (χ4n) is 8.55. The molecular formula is C58H58O4. The van der Waals surface area contributed by atoms with Crippen LogP contribution in [0, 0.1) is 19.8 Å². The molecule has 0 atom stereocenters. The van der Waals surface area contributed by atoms with Crippen molar-refractivity contribution in [3.63, 3.8) is 0 Å². The highest BCUT2D eigenvalue weighted by molar-refractivity contribution is 6.02. The van der Waals surface area contributed by atoms with E-state index >= 15 is 0 Å². The van der Waals surface area contributed by atoms with E-state index in [1.807, 2.05) is 48.5 Å². The van der Waals surface area contributed by atoms with Crippen LogP contribution in [0.25, 0.3) is 66.1 Å². The number of aryl methyl sites for hydroxylation is 2. The second-order valence-electron chi connectivity index (χ2n) is 19.0. The van der Waals surface area contributed by atoms with Crippen molar-refractivity contribution in [2.45, 2.75) is 73.1 Å². The lowest BCUT2D eigenvalue weighted by molar-refractivity contribution is 0.189. The van der Waals surface area contributed by atoms with Crippen molar-refractivity contribution >= 4 is 21.5 Å². The highest BCUT2D eigenvalue weighted by atomic mass is 16.5. The molecule has 2 N–H and O–H groups in total. The summed E-state index contributed by atoms with van der Waals surface area (Å²) in [5, 5.41) is 28.9. The van der Waals surface area contributed by atoms with E-state index in [0.717, 1.165) is 88.3 Å². The summed E-state index contributed by atoms with van der Waals surface area (Å²) in [7, 11) is 0. The summed E-state index contributed by atoms with van der Waals surface area (Å²) in [6.07, 6.45) is 0. The molecule has 0 aliphatic carbocycles. The molecule has 62 heavy (non-hydrogen) atoms. The van der Waals surface area contributed by atoms with Gasteiger partial charge in [-0.15, -0.1) is 0 Å². The van der Waals surface area contributed by atoms with Crippen molar-refractivity contribution in [2.24, 2.45) is 5.92 Å². The minimum Gasteiger partial charge on any atom is -0.507 e. The number of hydrogen-bond acceptors (Lipinski definition) is 4. The van der Waals surface area contributed by atoms with Crippen LogP contribution in [0.4, 0.5) is 0 Å². The van der Waals surface area contributed by atoms with Gasteiger partial charge in [-0.25, -0.2) is 0 Å². The van der Waals surface area contributed by atoms with Gasteiger partial charge in [0.15, 0.2) is 0 Å². The zero-order valence-electron chi connectivity index (χ0n) is 37.6. The average molecular weight is 819 g/mol. The topological polar surface area (TPSA) is 58.9 Å². The first-order valence-electron chi connectivity index (χ1n) is 21.8. The summed E-state index contributed by atoms with van der Waals surface area (Å²) in [6.45, 7) is 20.4. The number of aromatic hydroxyl groups is 2. The number of phenols is 2. The molecule has 4 nitrogen and oxygen atoms in total. The molecular weight excluding hydrogens is 761 g/mol. The Morgan fingerprint density at radius 3 is 1.19 bits per heavy atom. The van der Waals surface area contributed by atoms with Gasteiger partial charge in [0.25, 0.3) is 0 Å². The Morgan fingerprint density at radius 1 is 0.435 bits per heavy atom. The van der Waals surface area contributed by atoms with Crippen molar-refractivity contribution < 1.29 is 19.7 Å². The van der Waals surface area contributed by atoms with Crippen LogP contribution in [0.3, 0.4) is 0 Å². The Morgan fingerprint density at radius 2 is 0.790 bits per heavy atom. The summed E-state index contributed by atoms with van der Waals surface area (Å²) in [4.78, 5) is 0. The number of fused-ring (bicyclic) bond motifs is 2. The lowest BCUT2D eigenvalue weighted by Crippen LogP contribution is -2.17. The van der Waals surface area contributed by atoms with Crippen LogP contribution in [-0.2, 0) is 10.8 Å². The Bertz CT molecular complexity index is 2740. The minimum atomic E-state index is -0.172. The molecule has 8 aromatic rings. The molecule has 0 saturated heterocycles. The van der Waals surface area contributed by atoms with Crippen LogP contribution in [0.2, 0.25) is 0 Å². The van der Waals surface area contributed by atoms with Crippen LogP contribution in [-0.4, -0.2) is 23.4 Å². The smallest absolute Gasteiger partial charge is 0.131 e. The molecule has 8 rings (SSSR count). The van der Waals surface area contributed by atoms with Gasteiger partial charge in [-0.2, -0.15) is 0 Å². The highest BCUT2D eigenvalue weighted by Gasteiger charge is 2.26. The normalized spacial score (nSPS) is 12.0. The third-order valence-corrected chi connectivity index (χ3v) is 12.2. The zero-order chi connectivity index (χ0) is 43.9. The molecule has 4 heteroatoms. The van der Waals surface area contributed by atoms with Crippen LogP contribution < -0.4 is 9.47 Å². The fraction of sp³-hybridized carbons (Fsp3) is 0.241. The Hall–Kier alpha value is -6.52. The third-order valence-electron chi connectivity index (χ3n) is 12.2. The van der Waals surface area contributed by atoms with Crippen molar-refractivity contribution in [1.29, 1.82) is 0 Å². The largest absolute Gasteiger partial charge is 0.507 e. The van der Waals surface area contributed by atoms with E-state index in [4.69, 9.17) is 9.47 Å². The van der Waals surface area contributed by atoms with Gasteiger partial charge in [-0.1, -0.05) is 158 Å². The van der Waals surface area contributed by atoms with E-state index in [9.17, 15) is 10.2 Å². The first kappa shape index (κ1) is 42.2. The third kappa shape index (κ3) is 8.27. The lowest BCUT2D eigenvalue weighted by Gasteiger charge is -2.25. The van der Waals surface area contributed by atoms with Gasteiger partial charge in [0.05, 0.1) is 13.2 Å². The number of benzene rings is 8. The van der Waals surface area contributed by atoms with Crippen molar-refractivity contribution in [1.82, 2.24) is 0 Å². The van der Waals surface area contributed by atoms with Crippen molar-refractivity contribution in [3.8, 4) is 67.5 Å². The van der Waals surface area contributed by atoms with Gasteiger partial charge in [0, 0.05) is 39.3 Å². The summed E-state index contributed by atoms with van der Waals surface area (Å²) in [5.74, 6) is 1.87. The molecule has 0 spiro atoms. The molecule has 0 radical (unpaired) electrons. The van der Waals surface area contributed by atoms with Crippen LogP contribution in [0.1, 0.15) is 70.7 Å². The van der Waals surface area contributed by atoms with Gasteiger partial charge in [0.2, 0.25) is 0 Å². The quantitative estimate of drug-likeness (QED) is 0.144. The number of rotatable bonds is 10. The van der Waals surface area contributed by atoms with Gasteiger partial charge in [-0.05, 0) is 116 Å². The van der Waals surface area contributed by atoms with E-state index < -0.39 is 0 Å². The number of hydrogen-bond donors (Lipinski definition) is 2. The average Bonchev–Trinajstić information content (AvgIpc) is 3.25. The van der Waals surface area contributed by atoms with Gasteiger partial charge >= 0.3 is 0 Å². The first-order valence-corrected chi connectivity index (χ1v) is 21.8. The van der Waals surface area contributed by atoms with E-state index in [1.54, 1.807) is 0 Å². The van der Waals surface area contributed by atoms with Crippen molar-refractivity contribution in [3.05, 3.63) is 168 Å². The molecule has 0 aliphatic heterocycles. The second-order valence-corrected chi connectivity index (χ2v) is 19.0. The van der Waals surface area contributed by atoms with E-state index in [-0.39, 0.29) is 28.2 Å². The standard InChI is InChI=1S/C58H58O4/c1-36(34-61-51-24-16-14-22-45(51)47-30-41(57(4,5)6)32-49(55(47)59)53-37(2)26-28-39-18-10-12-20-43(39)53)35-62-52-25-17-15-23-46(52)48-31-42(58(7,8)9)33-50(56(48)60)54-38(3)27-29-40-19-11-13-21-44(40)54/h10-33,36,59-60H,34-35H2,1-9H3. The van der Waals surface area contributed by atoms with Crippen LogP contribution in [0.5, 0.6) is 23.0 Å². The number of para-hydroxylation sites is 2. The maximum Gasteiger partial charge on any atom is 0.131 e. The maximum atomic E-state index is 12.2. The molecule has 0 amide bonds. The highest BCUT2D eigenvalue weighted by Crippen LogP contribution is 2.49. The second kappa shape index (κ2) is 16.7. The molecule has 0 unspecified atom stereocenters. The first-order chi connectivity index (χ1) is 29.6. The van der Waals surface area contributed by atoms with Crippen LogP contribution in [0.15, 0.2) is 146 Å². The fourth-order valence-corrected chi connectivity index (χ4v) is 8.55. The van der Waals surface area contributed by atoms with E-state index in [2.05, 4.69) is 159 Å². The van der Waals surface area contributed by atoms with Crippen molar-refractivity contribution in [2.75, 3.05) is 13.2 Å². The van der Waals surface area contributed by atoms with Gasteiger partial charge in [-0.3, -0.25) is 0 Å². The molecule has 0 fully saturated rings. The summed E-state index contributed by atoms with van der Waals surface area (Å²) in [6, 6.07) is 49.8. The molecule has 314 valence electrons. The predicted octanol–water partition coefficient (Wildman–Crippen LogP) is 15.4. The number of phenolic OH excluding ortho intramolecular Hbond substituents is 2. The monoisotopic (exact) mass is 818 g/mol. The van der Waals surface area contributed by atoms with Crippen LogP contribution >= 0.6 is 0 Å². The van der Waals surface area contributed by atoms with E-state index in [0.29, 0.717) is 24.7 Å². The Balaban J connectivity index is 1.09. The molecule has 0 aliphatic rings. The lowest BCUT2D eigenvalue weighted by atomic mass is 9.81. The summed E-state index contributed by atoms with van der Waals surface area (Å²) >= 11 is 0. The molecule has 0 bridgehead atoms. The Labute approximate surface area is 367 Å². The molecule has 8 aromatic carbocycles. The van der Waals surface area contributed by atoms with Gasteiger partial charge in [0.1, 0.15) is 23.0 Å². The van der Waals surface area contributed by atoms with E-state index in [1.165, 1.54) is 0 Å².